The molecule has 3 nitrogen and oxygen atoms in total. The van der Waals surface area contributed by atoms with Gasteiger partial charge in [-0.05, 0) is 68.3 Å². The third-order valence-electron chi connectivity index (χ3n) is 2.46. The number of nitrogens with one attached hydrogen (secondary N) is 2. The number of amides is 2. The van der Waals surface area contributed by atoms with E-state index in [4.69, 9.17) is 0 Å². The molecule has 0 radical (unpaired) electrons. The summed E-state index contributed by atoms with van der Waals surface area (Å²) in [6.45, 7) is 0.507. The van der Waals surface area contributed by atoms with E-state index in [2.05, 4.69) is 49.2 Å². The second kappa shape index (κ2) is 6.91. The first-order valence-corrected chi connectivity index (χ1v) is 7.56. The summed E-state index contributed by atoms with van der Waals surface area (Å²) in [5, 5.41) is 5.62. The topological polar surface area (TPSA) is 41.1 Å². The van der Waals surface area contributed by atoms with Gasteiger partial charge in [0.05, 0.1) is 5.69 Å². The molecule has 5 heteroatoms. The minimum absolute atomic E-state index is 0.217. The first kappa shape index (κ1) is 14.3. The maximum atomic E-state index is 11.8. The van der Waals surface area contributed by atoms with E-state index in [9.17, 15) is 4.79 Å². The maximum absolute atomic E-state index is 11.8. The van der Waals surface area contributed by atoms with Crippen LogP contribution in [0.15, 0.2) is 53.0 Å². The first-order valence-electron chi connectivity index (χ1n) is 5.69. The van der Waals surface area contributed by atoms with Gasteiger partial charge in [-0.2, -0.15) is 0 Å². The largest absolute Gasteiger partial charge is 0.334 e. The fourth-order valence-electron chi connectivity index (χ4n) is 1.56. The molecule has 2 rings (SSSR count). The molecular formula is C14H12BrIN2O. The number of carbonyl (C=O) groups excluding carboxylic acids is 1. The van der Waals surface area contributed by atoms with Crippen molar-refractivity contribution in [3.8, 4) is 0 Å². The van der Waals surface area contributed by atoms with Gasteiger partial charge < -0.3 is 10.6 Å². The summed E-state index contributed by atoms with van der Waals surface area (Å²) in [6.07, 6.45) is 0. The van der Waals surface area contributed by atoms with E-state index in [0.29, 0.717) is 6.54 Å². The lowest BCUT2D eigenvalue weighted by Crippen LogP contribution is -2.28. The second-order valence-electron chi connectivity index (χ2n) is 3.92. The Kier molecular flexibility index (Phi) is 5.21. The summed E-state index contributed by atoms with van der Waals surface area (Å²) in [4.78, 5) is 11.8. The summed E-state index contributed by atoms with van der Waals surface area (Å²) >= 11 is 5.64. The Hall–Kier alpha value is -1.08. The predicted octanol–water partition coefficient (Wildman–Crippen LogP) is 4.38. The van der Waals surface area contributed by atoms with Gasteiger partial charge in [-0.1, -0.05) is 24.3 Å². The highest BCUT2D eigenvalue weighted by atomic mass is 127. The van der Waals surface area contributed by atoms with Crippen molar-refractivity contribution in [3.63, 3.8) is 0 Å². The van der Waals surface area contributed by atoms with Crippen LogP contribution in [-0.2, 0) is 6.54 Å². The SMILES string of the molecule is O=C(NCc1cccc(I)c1)Nc1ccccc1Br. The van der Waals surface area contributed by atoms with Crippen LogP contribution in [0, 0.1) is 3.57 Å². The average molecular weight is 431 g/mol. The lowest BCUT2D eigenvalue weighted by molar-refractivity contribution is 0.251. The molecule has 0 saturated heterocycles. The molecule has 0 bridgehead atoms. The number of benzene rings is 2. The van der Waals surface area contributed by atoms with Gasteiger partial charge in [-0.25, -0.2) is 4.79 Å². The molecule has 0 aliphatic carbocycles. The normalized spacial score (nSPS) is 10.0. The van der Waals surface area contributed by atoms with E-state index in [1.165, 1.54) is 0 Å². The molecule has 0 aliphatic heterocycles. The highest BCUT2D eigenvalue weighted by Crippen LogP contribution is 2.20. The van der Waals surface area contributed by atoms with Crippen LogP contribution in [0.4, 0.5) is 10.5 Å². The number of hydrogen-bond donors (Lipinski definition) is 2. The van der Waals surface area contributed by atoms with Gasteiger partial charge >= 0.3 is 6.03 Å². The van der Waals surface area contributed by atoms with E-state index in [-0.39, 0.29) is 6.03 Å². The van der Waals surface area contributed by atoms with E-state index in [1.807, 2.05) is 48.5 Å². The number of rotatable bonds is 3. The van der Waals surface area contributed by atoms with Crippen LogP contribution in [0.3, 0.4) is 0 Å². The van der Waals surface area contributed by atoms with E-state index < -0.39 is 0 Å². The van der Waals surface area contributed by atoms with Gasteiger partial charge in [0.1, 0.15) is 0 Å². The van der Waals surface area contributed by atoms with Crippen molar-refractivity contribution in [1.29, 1.82) is 0 Å². The number of urea groups is 1. The quantitative estimate of drug-likeness (QED) is 0.697. The average Bonchev–Trinajstić information content (AvgIpc) is 2.39. The minimum atomic E-state index is -0.217. The van der Waals surface area contributed by atoms with Crippen molar-refractivity contribution < 1.29 is 4.79 Å². The minimum Gasteiger partial charge on any atom is -0.334 e. The Morgan fingerprint density at radius 3 is 2.68 bits per heavy atom. The van der Waals surface area contributed by atoms with Crippen LogP contribution in [-0.4, -0.2) is 6.03 Å². The summed E-state index contributed by atoms with van der Waals surface area (Å²) in [6, 6.07) is 15.3. The zero-order valence-electron chi connectivity index (χ0n) is 9.99. The summed E-state index contributed by atoms with van der Waals surface area (Å²) in [7, 11) is 0. The highest BCUT2D eigenvalue weighted by Gasteiger charge is 2.04. The number of carbonyl (C=O) groups is 1. The molecule has 98 valence electrons. The first-order chi connectivity index (χ1) is 9.15. The molecule has 0 heterocycles. The van der Waals surface area contributed by atoms with Crippen LogP contribution in [0.25, 0.3) is 0 Å². The molecule has 0 aliphatic rings. The lowest BCUT2D eigenvalue weighted by atomic mass is 10.2. The second-order valence-corrected chi connectivity index (χ2v) is 6.02. The van der Waals surface area contributed by atoms with E-state index in [0.717, 1.165) is 19.3 Å². The molecule has 0 atom stereocenters. The van der Waals surface area contributed by atoms with Crippen molar-refractivity contribution in [2.24, 2.45) is 0 Å². The van der Waals surface area contributed by atoms with Gasteiger partial charge in [0.2, 0.25) is 0 Å². The van der Waals surface area contributed by atoms with Gasteiger partial charge in [-0.15, -0.1) is 0 Å². The molecule has 2 N–H and O–H groups in total. The molecule has 0 fully saturated rings. The Labute approximate surface area is 134 Å². The lowest BCUT2D eigenvalue weighted by Gasteiger charge is -2.09. The van der Waals surface area contributed by atoms with Crippen molar-refractivity contribution >= 4 is 50.2 Å². The van der Waals surface area contributed by atoms with Crippen LogP contribution < -0.4 is 10.6 Å². The number of hydrogen-bond acceptors (Lipinski definition) is 1. The van der Waals surface area contributed by atoms with Crippen molar-refractivity contribution in [1.82, 2.24) is 5.32 Å². The Morgan fingerprint density at radius 1 is 1.16 bits per heavy atom. The molecule has 2 aromatic rings. The Balaban J connectivity index is 1.90. The smallest absolute Gasteiger partial charge is 0.319 e. The van der Waals surface area contributed by atoms with Crippen LogP contribution in [0.1, 0.15) is 5.56 Å². The number of halogens is 2. The van der Waals surface area contributed by atoms with Crippen LogP contribution in [0.5, 0.6) is 0 Å². The molecule has 2 amide bonds. The molecule has 0 aromatic heterocycles. The molecule has 19 heavy (non-hydrogen) atoms. The maximum Gasteiger partial charge on any atom is 0.319 e. The molecule has 0 spiro atoms. The van der Waals surface area contributed by atoms with Gasteiger partial charge in [-0.3, -0.25) is 0 Å². The van der Waals surface area contributed by atoms with Gasteiger partial charge in [0.15, 0.2) is 0 Å². The molecule has 0 saturated carbocycles. The molecular weight excluding hydrogens is 419 g/mol. The van der Waals surface area contributed by atoms with Crippen molar-refractivity contribution in [3.05, 3.63) is 62.1 Å². The predicted molar refractivity (Wildman–Crippen MR) is 89.2 cm³/mol. The monoisotopic (exact) mass is 430 g/mol. The Bertz CT molecular complexity index is 589. The fourth-order valence-corrected chi connectivity index (χ4v) is 2.55. The number of para-hydroxylation sites is 1. The summed E-state index contributed by atoms with van der Waals surface area (Å²) in [5.41, 5.74) is 1.83. The molecule has 2 aromatic carbocycles. The number of anilines is 1. The standard InChI is InChI=1S/C14H12BrIN2O/c15-12-6-1-2-7-13(12)18-14(19)17-9-10-4-3-5-11(16)8-10/h1-8H,9H2,(H2,17,18,19). The zero-order valence-corrected chi connectivity index (χ0v) is 13.7. The van der Waals surface area contributed by atoms with Gasteiger partial charge in [0.25, 0.3) is 0 Å². The molecule has 0 unspecified atom stereocenters. The van der Waals surface area contributed by atoms with Crippen molar-refractivity contribution in [2.75, 3.05) is 5.32 Å². The highest BCUT2D eigenvalue weighted by molar-refractivity contribution is 14.1. The van der Waals surface area contributed by atoms with Crippen molar-refractivity contribution in [2.45, 2.75) is 6.54 Å². The van der Waals surface area contributed by atoms with Crippen LogP contribution >= 0.6 is 38.5 Å². The third-order valence-corrected chi connectivity index (χ3v) is 3.83. The summed E-state index contributed by atoms with van der Waals surface area (Å²) in [5.74, 6) is 0. The fraction of sp³-hybridized carbons (Fsp3) is 0.0714. The third kappa shape index (κ3) is 4.50. The van der Waals surface area contributed by atoms with E-state index >= 15 is 0 Å². The summed E-state index contributed by atoms with van der Waals surface area (Å²) < 4.78 is 2.02. The van der Waals surface area contributed by atoms with Gasteiger partial charge in [0, 0.05) is 14.6 Å². The zero-order chi connectivity index (χ0) is 13.7. The Morgan fingerprint density at radius 2 is 1.95 bits per heavy atom. The van der Waals surface area contributed by atoms with E-state index in [1.54, 1.807) is 0 Å². The van der Waals surface area contributed by atoms with Crippen LogP contribution in [0.2, 0.25) is 0 Å².